The Morgan fingerprint density at radius 3 is 2.67 bits per heavy atom. The molecule has 1 N–H and O–H groups in total. The van der Waals surface area contributed by atoms with Crippen LogP contribution >= 0.6 is 0 Å². The van der Waals surface area contributed by atoms with E-state index in [1.165, 1.54) is 6.21 Å². The Kier molecular flexibility index (Phi) is 3.73. The van der Waals surface area contributed by atoms with Gasteiger partial charge in [-0.05, 0) is 24.3 Å². The van der Waals surface area contributed by atoms with Gasteiger partial charge in [0.25, 0.3) is 0 Å². The van der Waals surface area contributed by atoms with Crippen molar-refractivity contribution in [3.8, 4) is 5.75 Å². The molecule has 0 aliphatic carbocycles. The molecule has 0 amide bonds. The molecule has 0 radical (unpaired) electrons. The molecule has 0 aliphatic heterocycles. The zero-order valence-corrected chi connectivity index (χ0v) is 11.2. The van der Waals surface area contributed by atoms with Gasteiger partial charge in [-0.3, -0.25) is 4.98 Å². The molecule has 0 unspecified atom stereocenters. The molecule has 0 spiro atoms. The minimum absolute atomic E-state index is 0.300. The Morgan fingerprint density at radius 2 is 1.81 bits per heavy atom. The van der Waals surface area contributed by atoms with Crippen LogP contribution in [-0.4, -0.2) is 21.4 Å². The van der Waals surface area contributed by atoms with E-state index in [4.69, 9.17) is 9.94 Å². The largest absolute Gasteiger partial charge is 0.487 e. The maximum atomic E-state index is 8.64. The second-order valence-corrected chi connectivity index (χ2v) is 4.42. The number of para-hydroxylation sites is 3. The van der Waals surface area contributed by atoms with Gasteiger partial charge in [0.05, 0.1) is 29.1 Å². The van der Waals surface area contributed by atoms with E-state index in [0.717, 1.165) is 16.7 Å². The topological polar surface area (TPSA) is 67.6 Å². The van der Waals surface area contributed by atoms with Crippen molar-refractivity contribution in [1.82, 2.24) is 9.97 Å². The predicted molar refractivity (Wildman–Crippen MR) is 79.7 cm³/mol. The fourth-order valence-electron chi connectivity index (χ4n) is 2.00. The highest BCUT2D eigenvalue weighted by molar-refractivity contribution is 5.82. The van der Waals surface area contributed by atoms with Crippen LogP contribution < -0.4 is 4.74 Å². The normalized spacial score (nSPS) is 11.0. The minimum Gasteiger partial charge on any atom is -0.487 e. The van der Waals surface area contributed by atoms with Crippen LogP contribution in [0.15, 0.2) is 59.9 Å². The van der Waals surface area contributed by atoms with Crippen LogP contribution in [0, 0.1) is 0 Å². The molecule has 0 aliphatic rings. The van der Waals surface area contributed by atoms with Crippen molar-refractivity contribution in [2.45, 2.75) is 6.61 Å². The first-order valence-corrected chi connectivity index (χ1v) is 6.47. The van der Waals surface area contributed by atoms with Gasteiger partial charge < -0.3 is 9.94 Å². The van der Waals surface area contributed by atoms with Gasteiger partial charge >= 0.3 is 0 Å². The van der Waals surface area contributed by atoms with Crippen molar-refractivity contribution < 1.29 is 9.94 Å². The molecule has 0 saturated carbocycles. The molecule has 3 aromatic rings. The molecule has 2 aromatic carbocycles. The Balaban J connectivity index is 1.80. The number of fused-ring (bicyclic) bond motifs is 1. The summed E-state index contributed by atoms with van der Waals surface area (Å²) in [5.74, 6) is 0.630. The summed E-state index contributed by atoms with van der Waals surface area (Å²) in [6.07, 6.45) is 3.03. The van der Waals surface area contributed by atoms with E-state index in [-0.39, 0.29) is 0 Å². The van der Waals surface area contributed by atoms with Crippen molar-refractivity contribution in [2.24, 2.45) is 5.16 Å². The van der Waals surface area contributed by atoms with Gasteiger partial charge in [0.15, 0.2) is 0 Å². The smallest absolute Gasteiger partial charge is 0.132 e. The van der Waals surface area contributed by atoms with Crippen molar-refractivity contribution in [3.05, 3.63) is 66.0 Å². The summed E-state index contributed by atoms with van der Waals surface area (Å²) < 4.78 is 5.72. The third-order valence-corrected chi connectivity index (χ3v) is 2.99. The standard InChI is InChI=1S/C16H13N3O2/c20-18-9-12-5-1-4-8-16(12)21-11-13-10-17-14-6-2-3-7-15(14)19-13/h1-10,20H,11H2/b18-9-. The number of nitrogens with zero attached hydrogens (tertiary/aromatic N) is 3. The zero-order valence-electron chi connectivity index (χ0n) is 11.2. The Bertz CT molecular complexity index is 787. The van der Waals surface area contributed by atoms with Gasteiger partial charge in [-0.25, -0.2) is 4.98 Å². The van der Waals surface area contributed by atoms with E-state index in [0.29, 0.717) is 17.9 Å². The molecule has 0 atom stereocenters. The average molecular weight is 279 g/mol. The number of hydrogen-bond acceptors (Lipinski definition) is 5. The quantitative estimate of drug-likeness (QED) is 0.453. The van der Waals surface area contributed by atoms with E-state index in [2.05, 4.69) is 15.1 Å². The van der Waals surface area contributed by atoms with E-state index >= 15 is 0 Å². The van der Waals surface area contributed by atoms with E-state index in [1.807, 2.05) is 42.5 Å². The monoisotopic (exact) mass is 279 g/mol. The van der Waals surface area contributed by atoms with E-state index in [9.17, 15) is 0 Å². The number of oxime groups is 1. The number of aromatic nitrogens is 2. The molecular formula is C16H13N3O2. The van der Waals surface area contributed by atoms with Gasteiger partial charge in [0.1, 0.15) is 12.4 Å². The third kappa shape index (κ3) is 2.97. The highest BCUT2D eigenvalue weighted by Gasteiger charge is 2.03. The summed E-state index contributed by atoms with van der Waals surface area (Å²) in [5.41, 5.74) is 3.14. The first kappa shape index (κ1) is 13.1. The highest BCUT2D eigenvalue weighted by atomic mass is 16.5. The molecule has 0 bridgehead atoms. The van der Waals surface area contributed by atoms with Crippen LogP contribution in [0.4, 0.5) is 0 Å². The number of rotatable bonds is 4. The first-order valence-electron chi connectivity index (χ1n) is 6.47. The first-order chi connectivity index (χ1) is 10.4. The summed E-state index contributed by atoms with van der Waals surface area (Å²) >= 11 is 0. The van der Waals surface area contributed by atoms with Crippen LogP contribution in [-0.2, 0) is 6.61 Å². The van der Waals surface area contributed by atoms with Crippen LogP contribution in [0.5, 0.6) is 5.75 Å². The summed E-state index contributed by atoms with van der Waals surface area (Å²) in [5, 5.41) is 11.7. The second kappa shape index (κ2) is 6.00. The van der Waals surface area contributed by atoms with Gasteiger partial charge in [0.2, 0.25) is 0 Å². The Labute approximate surface area is 121 Å². The lowest BCUT2D eigenvalue weighted by Crippen LogP contribution is -2.01. The lowest BCUT2D eigenvalue weighted by molar-refractivity contribution is 0.299. The predicted octanol–water partition coefficient (Wildman–Crippen LogP) is 3.02. The molecule has 3 rings (SSSR count). The van der Waals surface area contributed by atoms with Crippen molar-refractivity contribution in [1.29, 1.82) is 0 Å². The van der Waals surface area contributed by atoms with Gasteiger partial charge in [0, 0.05) is 5.56 Å². The van der Waals surface area contributed by atoms with E-state index in [1.54, 1.807) is 12.3 Å². The zero-order chi connectivity index (χ0) is 14.5. The Hall–Kier alpha value is -2.95. The fourth-order valence-corrected chi connectivity index (χ4v) is 2.00. The molecule has 1 aromatic heterocycles. The summed E-state index contributed by atoms with van der Waals surface area (Å²) in [4.78, 5) is 8.84. The third-order valence-electron chi connectivity index (χ3n) is 2.99. The van der Waals surface area contributed by atoms with Crippen molar-refractivity contribution in [2.75, 3.05) is 0 Å². The summed E-state index contributed by atoms with van der Waals surface area (Å²) in [7, 11) is 0. The summed E-state index contributed by atoms with van der Waals surface area (Å²) in [6, 6.07) is 15.0. The molecule has 5 heteroatoms. The van der Waals surface area contributed by atoms with Crippen LogP contribution in [0.3, 0.4) is 0 Å². The van der Waals surface area contributed by atoms with Crippen molar-refractivity contribution >= 4 is 17.2 Å². The van der Waals surface area contributed by atoms with Crippen LogP contribution in [0.1, 0.15) is 11.3 Å². The minimum atomic E-state index is 0.300. The average Bonchev–Trinajstić information content (AvgIpc) is 2.54. The fraction of sp³-hybridized carbons (Fsp3) is 0.0625. The molecule has 0 fully saturated rings. The number of ether oxygens (including phenoxy) is 1. The molecule has 104 valence electrons. The van der Waals surface area contributed by atoms with Crippen LogP contribution in [0.25, 0.3) is 11.0 Å². The van der Waals surface area contributed by atoms with Crippen molar-refractivity contribution in [3.63, 3.8) is 0 Å². The van der Waals surface area contributed by atoms with Gasteiger partial charge in [-0.15, -0.1) is 0 Å². The molecule has 1 heterocycles. The molecule has 21 heavy (non-hydrogen) atoms. The molecule has 0 saturated heterocycles. The lowest BCUT2D eigenvalue weighted by atomic mass is 10.2. The lowest BCUT2D eigenvalue weighted by Gasteiger charge is -2.08. The maximum Gasteiger partial charge on any atom is 0.132 e. The Morgan fingerprint density at radius 1 is 1.05 bits per heavy atom. The van der Waals surface area contributed by atoms with E-state index < -0.39 is 0 Å². The maximum absolute atomic E-state index is 8.64. The van der Waals surface area contributed by atoms with Gasteiger partial charge in [-0.1, -0.05) is 29.4 Å². The highest BCUT2D eigenvalue weighted by Crippen LogP contribution is 2.17. The van der Waals surface area contributed by atoms with Gasteiger partial charge in [-0.2, -0.15) is 0 Å². The number of benzene rings is 2. The molecular weight excluding hydrogens is 266 g/mol. The van der Waals surface area contributed by atoms with Crippen LogP contribution in [0.2, 0.25) is 0 Å². The SMILES string of the molecule is O/N=C\c1ccccc1OCc1cnc2ccccc2n1. The second-order valence-electron chi connectivity index (χ2n) is 4.42. The summed E-state index contributed by atoms with van der Waals surface area (Å²) in [6.45, 7) is 0.300. The number of hydrogen-bond donors (Lipinski definition) is 1. The molecule has 5 nitrogen and oxygen atoms in total.